The summed E-state index contributed by atoms with van der Waals surface area (Å²) >= 11 is 0. The molecule has 0 aliphatic carbocycles. The summed E-state index contributed by atoms with van der Waals surface area (Å²) in [6.45, 7) is 10.6. The van der Waals surface area contributed by atoms with Gasteiger partial charge in [0.1, 0.15) is 0 Å². The van der Waals surface area contributed by atoms with Gasteiger partial charge in [-0.15, -0.1) is 0 Å². The number of hydrogen-bond acceptors (Lipinski definition) is 2. The number of hydrogen-bond donors (Lipinski definition) is 0. The van der Waals surface area contributed by atoms with Crippen LogP contribution in [0, 0.1) is 0 Å². The van der Waals surface area contributed by atoms with Gasteiger partial charge < -0.3 is 8.85 Å². The maximum Gasteiger partial charge on any atom is 0.331 e. The van der Waals surface area contributed by atoms with Crippen molar-refractivity contribution in [2.45, 2.75) is 123 Å². The second-order valence-electron chi connectivity index (χ2n) is 7.69. The van der Waals surface area contributed by atoms with E-state index in [-0.39, 0.29) is 0 Å². The van der Waals surface area contributed by atoms with Crippen molar-refractivity contribution in [1.82, 2.24) is 0 Å². The first kappa shape index (κ1) is 24.1. The Bertz CT molecular complexity index is 244. The zero-order chi connectivity index (χ0) is 17.9. The monoisotopic (exact) mass is 358 g/mol. The van der Waals surface area contributed by atoms with Crippen LogP contribution in [-0.4, -0.2) is 21.8 Å². The van der Waals surface area contributed by atoms with E-state index >= 15 is 0 Å². The summed E-state index contributed by atoms with van der Waals surface area (Å²) in [4.78, 5) is 0. The summed E-state index contributed by atoms with van der Waals surface area (Å²) in [5.74, 6) is 0. The second-order valence-corrected chi connectivity index (χ2v) is 11.1. The van der Waals surface area contributed by atoms with Crippen LogP contribution in [0.4, 0.5) is 0 Å². The van der Waals surface area contributed by atoms with Crippen LogP contribution in [0.2, 0.25) is 13.1 Å². The molecule has 24 heavy (non-hydrogen) atoms. The third-order valence-electron chi connectivity index (χ3n) is 4.65. The Kier molecular flexibility index (Phi) is 18.0. The molecule has 0 heterocycles. The molecule has 0 aromatic heterocycles. The lowest BCUT2D eigenvalue weighted by Crippen LogP contribution is -2.35. The van der Waals surface area contributed by atoms with E-state index in [1.54, 1.807) is 0 Å². The fourth-order valence-electron chi connectivity index (χ4n) is 2.97. The average molecular weight is 359 g/mol. The minimum absolute atomic E-state index is 0.880. The molecule has 0 aliphatic rings. The largest absolute Gasteiger partial charge is 0.395 e. The van der Waals surface area contributed by atoms with Crippen LogP contribution in [-0.2, 0) is 8.85 Å². The zero-order valence-corrected chi connectivity index (χ0v) is 18.3. The van der Waals surface area contributed by atoms with Gasteiger partial charge in [0.25, 0.3) is 0 Å². The molecule has 0 aromatic rings. The van der Waals surface area contributed by atoms with Crippen molar-refractivity contribution in [1.29, 1.82) is 0 Å². The number of rotatable bonds is 19. The Morgan fingerprint density at radius 2 is 0.750 bits per heavy atom. The topological polar surface area (TPSA) is 18.5 Å². The highest BCUT2D eigenvalue weighted by atomic mass is 28.4. The van der Waals surface area contributed by atoms with Crippen molar-refractivity contribution >= 4 is 8.56 Å². The van der Waals surface area contributed by atoms with E-state index < -0.39 is 8.56 Å². The highest BCUT2D eigenvalue weighted by Gasteiger charge is 2.23. The van der Waals surface area contributed by atoms with Crippen molar-refractivity contribution in [2.24, 2.45) is 0 Å². The molecule has 3 heteroatoms. The Morgan fingerprint density at radius 3 is 1.17 bits per heavy atom. The first-order valence-electron chi connectivity index (χ1n) is 10.9. The third-order valence-corrected chi connectivity index (χ3v) is 6.44. The molecular formula is C21H46O2Si. The molecule has 0 spiro atoms. The lowest BCUT2D eigenvalue weighted by atomic mass is 10.1. The molecule has 0 aromatic carbocycles. The molecule has 146 valence electrons. The molecule has 0 aliphatic heterocycles. The van der Waals surface area contributed by atoms with Gasteiger partial charge >= 0.3 is 8.56 Å². The minimum Gasteiger partial charge on any atom is -0.395 e. The number of unbranched alkanes of at least 4 members (excludes halogenated alkanes) is 13. The molecule has 0 N–H and O–H groups in total. The molecule has 0 atom stereocenters. The Labute approximate surface area is 154 Å². The maximum atomic E-state index is 6.02. The summed E-state index contributed by atoms with van der Waals surface area (Å²) in [5.41, 5.74) is 0. The van der Waals surface area contributed by atoms with Gasteiger partial charge in [0, 0.05) is 13.2 Å². The standard InChI is InChI=1S/C21H46O2Si/c1-5-7-9-10-11-12-13-14-15-16-17-19-21-23-24(3,4)22-20-18-8-6-2/h5-21H2,1-4H3. The van der Waals surface area contributed by atoms with E-state index in [0.29, 0.717) is 0 Å². The SMILES string of the molecule is CCCCCCCCCCCCCCO[Si](C)(C)OCCCCC. The summed E-state index contributed by atoms with van der Waals surface area (Å²) in [6, 6.07) is 0. The smallest absolute Gasteiger partial charge is 0.331 e. The molecular weight excluding hydrogens is 312 g/mol. The van der Waals surface area contributed by atoms with Crippen molar-refractivity contribution in [3.8, 4) is 0 Å². The van der Waals surface area contributed by atoms with E-state index in [1.165, 1.54) is 96.3 Å². The fraction of sp³-hybridized carbons (Fsp3) is 1.00. The third kappa shape index (κ3) is 18.5. The average Bonchev–Trinajstić information content (AvgIpc) is 2.56. The minimum atomic E-state index is -1.85. The van der Waals surface area contributed by atoms with Crippen molar-refractivity contribution in [3.63, 3.8) is 0 Å². The Balaban J connectivity index is 3.23. The predicted molar refractivity (Wildman–Crippen MR) is 110 cm³/mol. The molecule has 0 unspecified atom stereocenters. The van der Waals surface area contributed by atoms with Gasteiger partial charge in [-0.25, -0.2) is 0 Å². The lowest BCUT2D eigenvalue weighted by molar-refractivity contribution is 0.173. The van der Waals surface area contributed by atoms with Crippen LogP contribution in [0.25, 0.3) is 0 Å². The van der Waals surface area contributed by atoms with Crippen LogP contribution in [0.5, 0.6) is 0 Å². The zero-order valence-electron chi connectivity index (χ0n) is 17.3. The van der Waals surface area contributed by atoms with E-state index in [0.717, 1.165) is 13.2 Å². The predicted octanol–water partition coefficient (Wildman–Crippen LogP) is 7.61. The molecule has 0 saturated carbocycles. The summed E-state index contributed by atoms with van der Waals surface area (Å²) in [6.07, 6.45) is 20.4. The van der Waals surface area contributed by atoms with Gasteiger partial charge in [-0.2, -0.15) is 0 Å². The molecule has 0 rings (SSSR count). The van der Waals surface area contributed by atoms with Gasteiger partial charge in [0.2, 0.25) is 0 Å². The molecule has 0 radical (unpaired) electrons. The van der Waals surface area contributed by atoms with E-state index in [1.807, 2.05) is 0 Å². The molecule has 0 bridgehead atoms. The van der Waals surface area contributed by atoms with Crippen LogP contribution in [0.1, 0.15) is 110 Å². The van der Waals surface area contributed by atoms with Gasteiger partial charge in [0.05, 0.1) is 0 Å². The van der Waals surface area contributed by atoms with Crippen molar-refractivity contribution in [2.75, 3.05) is 13.2 Å². The fourth-order valence-corrected chi connectivity index (χ4v) is 4.33. The Hall–Kier alpha value is 0.137. The van der Waals surface area contributed by atoms with E-state index in [9.17, 15) is 0 Å². The van der Waals surface area contributed by atoms with Gasteiger partial charge in [-0.05, 0) is 25.9 Å². The van der Waals surface area contributed by atoms with Gasteiger partial charge in [0.15, 0.2) is 0 Å². The highest BCUT2D eigenvalue weighted by Crippen LogP contribution is 2.13. The van der Waals surface area contributed by atoms with Crippen molar-refractivity contribution < 1.29 is 8.85 Å². The highest BCUT2D eigenvalue weighted by molar-refractivity contribution is 6.64. The van der Waals surface area contributed by atoms with Crippen LogP contribution in [0.3, 0.4) is 0 Å². The molecule has 0 saturated heterocycles. The molecule has 0 amide bonds. The summed E-state index contributed by atoms with van der Waals surface area (Å²) < 4.78 is 12.0. The summed E-state index contributed by atoms with van der Waals surface area (Å²) in [5, 5.41) is 0. The normalized spacial score (nSPS) is 12.0. The van der Waals surface area contributed by atoms with Crippen LogP contribution >= 0.6 is 0 Å². The van der Waals surface area contributed by atoms with E-state index in [2.05, 4.69) is 26.9 Å². The quantitative estimate of drug-likeness (QED) is 0.175. The van der Waals surface area contributed by atoms with Crippen LogP contribution in [0.15, 0.2) is 0 Å². The first-order chi connectivity index (χ1) is 11.6. The summed E-state index contributed by atoms with van der Waals surface area (Å²) in [7, 11) is -1.85. The maximum absolute atomic E-state index is 6.02. The van der Waals surface area contributed by atoms with Gasteiger partial charge in [-0.3, -0.25) is 0 Å². The first-order valence-corrected chi connectivity index (χ1v) is 13.7. The van der Waals surface area contributed by atoms with E-state index in [4.69, 9.17) is 8.85 Å². The van der Waals surface area contributed by atoms with Gasteiger partial charge in [-0.1, -0.05) is 97.3 Å². The van der Waals surface area contributed by atoms with Crippen LogP contribution < -0.4 is 0 Å². The lowest BCUT2D eigenvalue weighted by Gasteiger charge is -2.22. The molecule has 2 nitrogen and oxygen atoms in total. The van der Waals surface area contributed by atoms with Crippen molar-refractivity contribution in [3.05, 3.63) is 0 Å². The Morgan fingerprint density at radius 1 is 0.458 bits per heavy atom. The second kappa shape index (κ2) is 17.9. The molecule has 0 fully saturated rings.